The lowest BCUT2D eigenvalue weighted by atomic mass is 9.92. The minimum atomic E-state index is -1.25. The van der Waals surface area contributed by atoms with Crippen molar-refractivity contribution in [2.45, 2.75) is 12.1 Å². The fourth-order valence-electron chi connectivity index (χ4n) is 3.72. The molecule has 0 aliphatic rings. The number of hydrogen-bond acceptors (Lipinski definition) is 2. The third-order valence-electron chi connectivity index (χ3n) is 5.46. The molecule has 2 unspecified atom stereocenters. The second kappa shape index (κ2) is 10.8. The van der Waals surface area contributed by atoms with Gasteiger partial charge >= 0.3 is 0 Å². The molecule has 3 nitrogen and oxygen atoms in total. The minimum absolute atomic E-state index is 0.0103. The molecule has 0 saturated carbocycles. The Morgan fingerprint density at radius 2 is 1.17 bits per heavy atom. The first-order valence-electron chi connectivity index (χ1n) is 10.8. The third kappa shape index (κ3) is 5.46. The van der Waals surface area contributed by atoms with Gasteiger partial charge < -0.3 is 5.32 Å². The number of nitrogens with one attached hydrogen (secondary N) is 1. The Bertz CT molecular complexity index is 1370. The Morgan fingerprint density at radius 3 is 1.77 bits per heavy atom. The molecule has 0 aliphatic heterocycles. The van der Waals surface area contributed by atoms with Gasteiger partial charge in [-0.05, 0) is 30.3 Å². The molecule has 0 aromatic heterocycles. The molecule has 0 spiro atoms. The molecule has 0 bridgehead atoms. The standard InChI is InChI=1S/C28H20F4N2O/c29-22-13-5-1-9-18(22)17-33-26(19-10-2-6-14-23(19)30)27(20-11-3-7-15-24(20)31)34-28(35)21-12-4-8-16-25(21)32/h1-17,26-27H,(H,34,35). The smallest absolute Gasteiger partial charge is 0.254 e. The van der Waals surface area contributed by atoms with E-state index in [1.165, 1.54) is 79.0 Å². The number of amides is 1. The van der Waals surface area contributed by atoms with Crippen molar-refractivity contribution < 1.29 is 22.4 Å². The Morgan fingerprint density at radius 1 is 0.657 bits per heavy atom. The Hall–Kier alpha value is -4.26. The minimum Gasteiger partial charge on any atom is -0.342 e. The van der Waals surface area contributed by atoms with Gasteiger partial charge in [0.25, 0.3) is 5.91 Å². The van der Waals surface area contributed by atoms with Gasteiger partial charge in [-0.2, -0.15) is 0 Å². The van der Waals surface area contributed by atoms with Crippen LogP contribution in [0.15, 0.2) is 102 Å². The van der Waals surface area contributed by atoms with E-state index < -0.39 is 41.3 Å². The zero-order chi connectivity index (χ0) is 24.8. The molecule has 0 heterocycles. The van der Waals surface area contributed by atoms with Gasteiger partial charge in [-0.15, -0.1) is 0 Å². The summed E-state index contributed by atoms with van der Waals surface area (Å²) >= 11 is 0. The Labute approximate surface area is 199 Å². The molecule has 4 rings (SSSR count). The van der Waals surface area contributed by atoms with Crippen molar-refractivity contribution in [2.75, 3.05) is 0 Å². The van der Waals surface area contributed by atoms with Crippen molar-refractivity contribution in [3.63, 3.8) is 0 Å². The number of carbonyl (C=O) groups is 1. The lowest BCUT2D eigenvalue weighted by Crippen LogP contribution is -2.33. The highest BCUT2D eigenvalue weighted by atomic mass is 19.1. The first-order chi connectivity index (χ1) is 17.0. The zero-order valence-electron chi connectivity index (χ0n) is 18.3. The maximum absolute atomic E-state index is 14.9. The van der Waals surface area contributed by atoms with Crippen LogP contribution in [0.2, 0.25) is 0 Å². The predicted molar refractivity (Wildman–Crippen MR) is 126 cm³/mol. The topological polar surface area (TPSA) is 41.5 Å². The normalized spacial score (nSPS) is 12.9. The van der Waals surface area contributed by atoms with Gasteiger partial charge in [0.1, 0.15) is 29.3 Å². The van der Waals surface area contributed by atoms with E-state index in [0.29, 0.717) is 0 Å². The van der Waals surface area contributed by atoms with Gasteiger partial charge in [0.05, 0.1) is 11.6 Å². The van der Waals surface area contributed by atoms with Crippen molar-refractivity contribution in [2.24, 2.45) is 4.99 Å². The fourth-order valence-corrected chi connectivity index (χ4v) is 3.72. The van der Waals surface area contributed by atoms with Crippen LogP contribution < -0.4 is 5.32 Å². The summed E-state index contributed by atoms with van der Waals surface area (Å²) in [5.41, 5.74) is -0.0842. The summed E-state index contributed by atoms with van der Waals surface area (Å²) in [5.74, 6) is -3.48. The van der Waals surface area contributed by atoms with E-state index in [0.717, 1.165) is 6.07 Å². The number of halogens is 4. The summed E-state index contributed by atoms with van der Waals surface area (Å²) in [4.78, 5) is 17.4. The molecule has 7 heteroatoms. The molecule has 4 aromatic carbocycles. The lowest BCUT2D eigenvalue weighted by Gasteiger charge is -2.27. The van der Waals surface area contributed by atoms with E-state index in [1.807, 2.05) is 0 Å². The van der Waals surface area contributed by atoms with E-state index >= 15 is 0 Å². The van der Waals surface area contributed by atoms with Crippen LogP contribution in [-0.4, -0.2) is 12.1 Å². The van der Waals surface area contributed by atoms with Crippen LogP contribution in [0.1, 0.15) is 39.1 Å². The van der Waals surface area contributed by atoms with Crippen LogP contribution in [-0.2, 0) is 0 Å². The van der Waals surface area contributed by atoms with E-state index in [2.05, 4.69) is 10.3 Å². The number of hydrogen-bond donors (Lipinski definition) is 1. The van der Waals surface area contributed by atoms with Crippen LogP contribution in [0.5, 0.6) is 0 Å². The van der Waals surface area contributed by atoms with Crippen molar-refractivity contribution in [1.29, 1.82) is 0 Å². The van der Waals surface area contributed by atoms with Crippen molar-refractivity contribution >= 4 is 12.1 Å². The fraction of sp³-hybridized carbons (Fsp3) is 0.0714. The summed E-state index contributed by atoms with van der Waals surface area (Å²) in [6, 6.07) is 20.1. The van der Waals surface area contributed by atoms with Gasteiger partial charge in [0.2, 0.25) is 0 Å². The van der Waals surface area contributed by atoms with Crippen LogP contribution in [0.3, 0.4) is 0 Å². The van der Waals surface area contributed by atoms with E-state index in [4.69, 9.17) is 0 Å². The van der Waals surface area contributed by atoms with Gasteiger partial charge in [0.15, 0.2) is 0 Å². The summed E-state index contributed by atoms with van der Waals surface area (Å²) in [6.07, 6.45) is 1.20. The van der Waals surface area contributed by atoms with Crippen LogP contribution in [0.4, 0.5) is 17.6 Å². The average molecular weight is 476 g/mol. The monoisotopic (exact) mass is 476 g/mol. The molecule has 0 saturated heterocycles. The molecule has 1 N–H and O–H groups in total. The zero-order valence-corrected chi connectivity index (χ0v) is 18.3. The average Bonchev–Trinajstić information content (AvgIpc) is 2.86. The molecule has 2 atom stereocenters. The highest BCUT2D eigenvalue weighted by molar-refractivity contribution is 5.94. The number of aliphatic imine (C=N–C) groups is 1. The number of rotatable bonds is 7. The molecule has 35 heavy (non-hydrogen) atoms. The van der Waals surface area contributed by atoms with Crippen LogP contribution in [0.25, 0.3) is 0 Å². The second-order valence-electron chi connectivity index (χ2n) is 7.72. The summed E-state index contributed by atoms with van der Waals surface area (Å²) in [6.45, 7) is 0. The van der Waals surface area contributed by atoms with Gasteiger partial charge in [-0.25, -0.2) is 17.6 Å². The number of benzene rings is 4. The number of carbonyl (C=O) groups excluding carboxylic acids is 1. The Balaban J connectivity index is 1.85. The first kappa shape index (κ1) is 23.9. The van der Waals surface area contributed by atoms with Gasteiger partial charge in [-0.3, -0.25) is 9.79 Å². The van der Waals surface area contributed by atoms with E-state index in [-0.39, 0.29) is 22.3 Å². The van der Waals surface area contributed by atoms with Gasteiger partial charge in [-0.1, -0.05) is 66.7 Å². The molecule has 0 aliphatic carbocycles. The van der Waals surface area contributed by atoms with Crippen molar-refractivity contribution in [3.05, 3.63) is 143 Å². The molecule has 4 aromatic rings. The van der Waals surface area contributed by atoms with E-state index in [9.17, 15) is 22.4 Å². The molecule has 176 valence electrons. The molecule has 0 radical (unpaired) electrons. The highest BCUT2D eigenvalue weighted by Crippen LogP contribution is 2.35. The molecular weight excluding hydrogens is 456 g/mol. The van der Waals surface area contributed by atoms with Crippen molar-refractivity contribution in [3.8, 4) is 0 Å². The maximum atomic E-state index is 14.9. The summed E-state index contributed by atoms with van der Waals surface area (Å²) in [5, 5.41) is 2.61. The van der Waals surface area contributed by atoms with E-state index in [1.54, 1.807) is 18.2 Å². The SMILES string of the molecule is O=C(NC(c1ccccc1F)C(N=Cc1ccccc1F)c1ccccc1F)c1ccccc1F. The lowest BCUT2D eigenvalue weighted by molar-refractivity contribution is 0.0925. The maximum Gasteiger partial charge on any atom is 0.254 e. The highest BCUT2D eigenvalue weighted by Gasteiger charge is 2.31. The molecule has 0 fully saturated rings. The molecule has 1 amide bonds. The Kier molecular flexibility index (Phi) is 7.35. The van der Waals surface area contributed by atoms with Gasteiger partial charge in [0, 0.05) is 22.9 Å². The predicted octanol–water partition coefficient (Wildman–Crippen LogP) is 6.57. The summed E-state index contributed by atoms with van der Waals surface area (Å²) in [7, 11) is 0. The number of nitrogens with zero attached hydrogens (tertiary/aromatic N) is 1. The van der Waals surface area contributed by atoms with Crippen LogP contribution >= 0.6 is 0 Å². The summed E-state index contributed by atoms with van der Waals surface area (Å²) < 4.78 is 58.4. The van der Waals surface area contributed by atoms with Crippen molar-refractivity contribution in [1.82, 2.24) is 5.32 Å². The third-order valence-corrected chi connectivity index (χ3v) is 5.46. The second-order valence-corrected chi connectivity index (χ2v) is 7.72. The molecular formula is C28H20F4N2O. The quantitative estimate of drug-likeness (QED) is 0.238. The van der Waals surface area contributed by atoms with Crippen LogP contribution in [0, 0.1) is 23.3 Å². The first-order valence-corrected chi connectivity index (χ1v) is 10.8. The largest absolute Gasteiger partial charge is 0.342 e.